The van der Waals surface area contributed by atoms with Gasteiger partial charge in [-0.05, 0) is 48.9 Å². The van der Waals surface area contributed by atoms with Crippen molar-refractivity contribution < 1.29 is 4.39 Å². The van der Waals surface area contributed by atoms with E-state index in [4.69, 9.17) is 0 Å². The molecule has 0 aliphatic carbocycles. The van der Waals surface area contributed by atoms with Crippen LogP contribution in [-0.2, 0) is 18.5 Å². The summed E-state index contributed by atoms with van der Waals surface area (Å²) >= 11 is 0. The van der Waals surface area contributed by atoms with E-state index < -0.39 is 5.67 Å². The van der Waals surface area contributed by atoms with Gasteiger partial charge in [0.1, 0.15) is 5.67 Å². The molecule has 0 bridgehead atoms. The van der Waals surface area contributed by atoms with Gasteiger partial charge in [-0.25, -0.2) is 4.39 Å². The minimum Gasteiger partial charge on any atom is -0.239 e. The molecule has 0 atom stereocenters. The fourth-order valence-corrected chi connectivity index (χ4v) is 2.15. The molecule has 0 amide bonds. The number of hydrogen-bond acceptors (Lipinski definition) is 0. The normalized spacial score (nSPS) is 11.6. The van der Waals surface area contributed by atoms with Gasteiger partial charge >= 0.3 is 0 Å². The van der Waals surface area contributed by atoms with Crippen LogP contribution in [0, 0.1) is 0 Å². The molecule has 0 radical (unpaired) electrons. The number of benzene rings is 2. The summed E-state index contributed by atoms with van der Waals surface area (Å²) in [7, 11) is 0. The number of rotatable bonds is 4. The lowest BCUT2D eigenvalue weighted by Crippen LogP contribution is -2.08. The predicted octanol–water partition coefficient (Wildman–Crippen LogP) is 5.04. The molecule has 1 heteroatoms. The van der Waals surface area contributed by atoms with E-state index >= 15 is 0 Å². The molecule has 0 heterocycles. The van der Waals surface area contributed by atoms with Crippen molar-refractivity contribution in [3.8, 4) is 0 Å². The van der Waals surface area contributed by atoms with Crippen LogP contribution in [0.25, 0.3) is 0 Å². The van der Waals surface area contributed by atoms with Crippen molar-refractivity contribution in [2.45, 2.75) is 39.3 Å². The molecule has 2 aromatic carbocycles. The highest BCUT2D eigenvalue weighted by molar-refractivity contribution is 5.32. The summed E-state index contributed by atoms with van der Waals surface area (Å²) in [5.41, 5.74) is 3.35. The molecular weight excluding hydrogens is 235 g/mol. The Labute approximate surface area is 115 Å². The molecule has 0 aliphatic rings. The Morgan fingerprint density at radius 3 is 1.63 bits per heavy atom. The van der Waals surface area contributed by atoms with Crippen LogP contribution in [0.1, 0.15) is 43.0 Å². The molecule has 0 saturated heterocycles. The standard InChI is InChI=1S/C18H21F/c1-4-14-5-7-15(8-6-14)13-16-9-11-17(12-10-16)18(2,3)19/h5-12H,4,13H2,1-3H3. The third-order valence-electron chi connectivity index (χ3n) is 3.48. The highest BCUT2D eigenvalue weighted by atomic mass is 19.1. The minimum absolute atomic E-state index is 0.734. The highest BCUT2D eigenvalue weighted by Crippen LogP contribution is 2.25. The van der Waals surface area contributed by atoms with Gasteiger partial charge in [-0.15, -0.1) is 0 Å². The average molecular weight is 256 g/mol. The molecule has 2 rings (SSSR count). The second kappa shape index (κ2) is 5.56. The predicted molar refractivity (Wildman–Crippen MR) is 79.2 cm³/mol. The van der Waals surface area contributed by atoms with Gasteiger partial charge in [-0.2, -0.15) is 0 Å². The zero-order valence-electron chi connectivity index (χ0n) is 11.9. The monoisotopic (exact) mass is 256 g/mol. The molecule has 0 saturated carbocycles. The van der Waals surface area contributed by atoms with Crippen molar-refractivity contribution in [2.24, 2.45) is 0 Å². The van der Waals surface area contributed by atoms with E-state index in [-0.39, 0.29) is 0 Å². The SMILES string of the molecule is CCc1ccc(Cc2ccc(C(C)(C)F)cc2)cc1. The number of aryl methyl sites for hydroxylation is 1. The van der Waals surface area contributed by atoms with Gasteiger partial charge in [0, 0.05) is 0 Å². The van der Waals surface area contributed by atoms with Crippen molar-refractivity contribution in [3.63, 3.8) is 0 Å². The first-order chi connectivity index (χ1) is 8.99. The van der Waals surface area contributed by atoms with E-state index in [9.17, 15) is 4.39 Å². The largest absolute Gasteiger partial charge is 0.239 e. The average Bonchev–Trinajstić information content (AvgIpc) is 2.39. The van der Waals surface area contributed by atoms with Gasteiger partial charge in [-0.3, -0.25) is 0 Å². The van der Waals surface area contributed by atoms with Gasteiger partial charge < -0.3 is 0 Å². The van der Waals surface area contributed by atoms with Gasteiger partial charge in [0.25, 0.3) is 0 Å². The first-order valence-corrected chi connectivity index (χ1v) is 6.85. The molecule has 0 N–H and O–H groups in total. The lowest BCUT2D eigenvalue weighted by molar-refractivity contribution is 0.221. The summed E-state index contributed by atoms with van der Waals surface area (Å²) in [6.45, 7) is 5.34. The van der Waals surface area contributed by atoms with Crippen LogP contribution < -0.4 is 0 Å². The van der Waals surface area contributed by atoms with Crippen LogP contribution in [0.15, 0.2) is 48.5 Å². The summed E-state index contributed by atoms with van der Waals surface area (Å²) in [5, 5.41) is 0. The van der Waals surface area contributed by atoms with Crippen molar-refractivity contribution in [1.29, 1.82) is 0 Å². The molecule has 0 aromatic heterocycles. The van der Waals surface area contributed by atoms with Crippen LogP contribution in [-0.4, -0.2) is 0 Å². The summed E-state index contributed by atoms with van der Waals surface area (Å²) < 4.78 is 13.8. The van der Waals surface area contributed by atoms with E-state index in [1.54, 1.807) is 13.8 Å². The number of alkyl halides is 1. The van der Waals surface area contributed by atoms with E-state index in [0.29, 0.717) is 0 Å². The highest BCUT2D eigenvalue weighted by Gasteiger charge is 2.17. The molecule has 19 heavy (non-hydrogen) atoms. The molecular formula is C18H21F. The quantitative estimate of drug-likeness (QED) is 0.718. The Hall–Kier alpha value is -1.63. The van der Waals surface area contributed by atoms with Crippen LogP contribution in [0.5, 0.6) is 0 Å². The fraction of sp³-hybridized carbons (Fsp3) is 0.333. The van der Waals surface area contributed by atoms with Crippen molar-refractivity contribution in [2.75, 3.05) is 0 Å². The van der Waals surface area contributed by atoms with E-state index in [1.165, 1.54) is 16.7 Å². The van der Waals surface area contributed by atoms with Crippen LogP contribution >= 0.6 is 0 Å². The van der Waals surface area contributed by atoms with Crippen LogP contribution in [0.3, 0.4) is 0 Å². The molecule has 0 spiro atoms. The van der Waals surface area contributed by atoms with Gasteiger partial charge in [0.05, 0.1) is 0 Å². The Morgan fingerprint density at radius 2 is 1.21 bits per heavy atom. The number of hydrogen-bond donors (Lipinski definition) is 0. The summed E-state index contributed by atoms with van der Waals surface area (Å²) in [6.07, 6.45) is 1.97. The fourth-order valence-electron chi connectivity index (χ4n) is 2.15. The Balaban J connectivity index is 2.10. The lowest BCUT2D eigenvalue weighted by atomic mass is 9.96. The zero-order valence-corrected chi connectivity index (χ0v) is 11.9. The van der Waals surface area contributed by atoms with Crippen LogP contribution in [0.2, 0.25) is 0 Å². The molecule has 0 unspecified atom stereocenters. The molecule has 0 aliphatic heterocycles. The minimum atomic E-state index is -1.26. The van der Waals surface area contributed by atoms with E-state index in [1.807, 2.05) is 24.3 Å². The van der Waals surface area contributed by atoms with Crippen molar-refractivity contribution in [1.82, 2.24) is 0 Å². The lowest BCUT2D eigenvalue weighted by Gasteiger charge is -2.14. The Kier molecular flexibility index (Phi) is 4.04. The van der Waals surface area contributed by atoms with E-state index in [0.717, 1.165) is 18.4 Å². The van der Waals surface area contributed by atoms with Gasteiger partial charge in [0.15, 0.2) is 0 Å². The smallest absolute Gasteiger partial charge is 0.130 e. The third-order valence-corrected chi connectivity index (χ3v) is 3.48. The first kappa shape index (κ1) is 13.8. The molecule has 0 fully saturated rings. The Bertz CT molecular complexity index is 515. The number of halogens is 1. The maximum Gasteiger partial charge on any atom is 0.130 e. The van der Waals surface area contributed by atoms with Crippen molar-refractivity contribution in [3.05, 3.63) is 70.8 Å². The maximum absolute atomic E-state index is 13.8. The van der Waals surface area contributed by atoms with E-state index in [2.05, 4.69) is 31.2 Å². The zero-order chi connectivity index (χ0) is 13.9. The van der Waals surface area contributed by atoms with Crippen LogP contribution in [0.4, 0.5) is 4.39 Å². The third kappa shape index (κ3) is 3.66. The van der Waals surface area contributed by atoms with Crippen molar-refractivity contribution >= 4 is 0 Å². The van der Waals surface area contributed by atoms with Gasteiger partial charge in [-0.1, -0.05) is 55.5 Å². The van der Waals surface area contributed by atoms with Gasteiger partial charge in [0.2, 0.25) is 0 Å². The first-order valence-electron chi connectivity index (χ1n) is 6.85. The summed E-state index contributed by atoms with van der Waals surface area (Å²) in [5.74, 6) is 0. The maximum atomic E-state index is 13.8. The summed E-state index contributed by atoms with van der Waals surface area (Å²) in [4.78, 5) is 0. The molecule has 2 aromatic rings. The molecule has 100 valence electrons. The topological polar surface area (TPSA) is 0 Å². The second-order valence-corrected chi connectivity index (χ2v) is 5.52. The second-order valence-electron chi connectivity index (χ2n) is 5.52. The Morgan fingerprint density at radius 1 is 0.789 bits per heavy atom. The summed E-state index contributed by atoms with van der Waals surface area (Å²) in [6, 6.07) is 16.5. The molecule has 0 nitrogen and oxygen atoms in total.